The van der Waals surface area contributed by atoms with Crippen LogP contribution in [0.3, 0.4) is 0 Å². The van der Waals surface area contributed by atoms with Crippen LogP contribution in [0.2, 0.25) is 0 Å². The number of nitrogens with zero attached hydrogens (tertiary/aromatic N) is 2. The molecule has 6 nitrogen and oxygen atoms in total. The lowest BCUT2D eigenvalue weighted by atomic mass is 10.2. The molecule has 0 aliphatic carbocycles. The maximum Gasteiger partial charge on any atom is 0.344 e. The number of aliphatic imine (C=N–C) groups is 1. The summed E-state index contributed by atoms with van der Waals surface area (Å²) < 4.78 is 10.2. The molecule has 1 aromatic carbocycles. The number of amides is 1. The van der Waals surface area contributed by atoms with Crippen LogP contribution in [0.1, 0.15) is 25.3 Å². The lowest BCUT2D eigenvalue weighted by molar-refractivity contribution is -0.145. The summed E-state index contributed by atoms with van der Waals surface area (Å²) >= 11 is 1.64. The van der Waals surface area contributed by atoms with E-state index in [9.17, 15) is 9.59 Å². The number of hydrogen-bond donors (Lipinski definition) is 0. The van der Waals surface area contributed by atoms with E-state index in [0.29, 0.717) is 18.1 Å². The Bertz CT molecular complexity index is 712. The molecular weight excluding hydrogens is 340 g/mol. The zero-order chi connectivity index (χ0) is 17.6. The Kier molecular flexibility index (Phi) is 5.75. The second kappa shape index (κ2) is 8.20. The van der Waals surface area contributed by atoms with Crippen molar-refractivity contribution in [3.05, 3.63) is 35.5 Å². The van der Waals surface area contributed by atoms with Gasteiger partial charge in [-0.2, -0.15) is 0 Å². The Balaban J connectivity index is 1.65. The fourth-order valence-electron chi connectivity index (χ4n) is 2.54. The number of thioether (sulfide) groups is 1. The maximum absolute atomic E-state index is 12.5. The van der Waals surface area contributed by atoms with Gasteiger partial charge in [0.25, 0.3) is 5.91 Å². The fraction of sp³-hybridized carbons (Fsp3) is 0.389. The molecule has 7 heteroatoms. The van der Waals surface area contributed by atoms with Crippen LogP contribution in [0.4, 0.5) is 0 Å². The third-order valence-electron chi connectivity index (χ3n) is 3.76. The van der Waals surface area contributed by atoms with Gasteiger partial charge in [-0.25, -0.2) is 9.79 Å². The van der Waals surface area contributed by atoms with Gasteiger partial charge in [0.05, 0.1) is 6.61 Å². The molecule has 0 N–H and O–H groups in total. The van der Waals surface area contributed by atoms with E-state index in [1.807, 2.05) is 12.1 Å². The summed E-state index contributed by atoms with van der Waals surface area (Å²) in [5, 5.41) is 0.808. The van der Waals surface area contributed by atoms with Gasteiger partial charge in [0.15, 0.2) is 11.8 Å². The van der Waals surface area contributed by atoms with Gasteiger partial charge in [0.2, 0.25) is 0 Å². The molecule has 2 heterocycles. The highest BCUT2D eigenvalue weighted by Crippen LogP contribution is 2.27. The third-order valence-corrected chi connectivity index (χ3v) is 4.83. The minimum atomic E-state index is -0.397. The molecule has 0 saturated carbocycles. The Labute approximate surface area is 150 Å². The van der Waals surface area contributed by atoms with Crippen LogP contribution in [0.5, 0.6) is 5.75 Å². The first-order chi connectivity index (χ1) is 12.2. The number of rotatable bonds is 5. The van der Waals surface area contributed by atoms with Gasteiger partial charge < -0.3 is 9.47 Å². The van der Waals surface area contributed by atoms with Crippen LogP contribution < -0.4 is 4.74 Å². The average molecular weight is 360 g/mol. The zero-order valence-electron chi connectivity index (χ0n) is 14.1. The molecule has 132 valence electrons. The summed E-state index contributed by atoms with van der Waals surface area (Å²) in [7, 11) is 0. The maximum atomic E-state index is 12.5. The van der Waals surface area contributed by atoms with Crippen LogP contribution in [0, 0.1) is 0 Å². The summed E-state index contributed by atoms with van der Waals surface area (Å²) in [6, 6.07) is 7.17. The first-order valence-corrected chi connectivity index (χ1v) is 9.29. The quantitative estimate of drug-likeness (QED) is 0.596. The van der Waals surface area contributed by atoms with E-state index < -0.39 is 5.97 Å². The van der Waals surface area contributed by atoms with Crippen LogP contribution in [-0.4, -0.2) is 47.5 Å². The number of ether oxygens (including phenoxy) is 2. The van der Waals surface area contributed by atoms with Crippen molar-refractivity contribution < 1.29 is 19.1 Å². The van der Waals surface area contributed by atoms with Crippen molar-refractivity contribution in [3.8, 4) is 5.75 Å². The number of fused-ring (bicyclic) bond motifs is 1. The van der Waals surface area contributed by atoms with Gasteiger partial charge in [-0.3, -0.25) is 9.69 Å². The summed E-state index contributed by atoms with van der Waals surface area (Å²) in [6.45, 7) is 2.70. The minimum absolute atomic E-state index is 0.0352. The normalized spacial score (nSPS) is 18.6. The largest absolute Gasteiger partial charge is 0.482 e. The van der Waals surface area contributed by atoms with Crippen molar-refractivity contribution >= 4 is 34.9 Å². The van der Waals surface area contributed by atoms with E-state index in [1.54, 1.807) is 41.8 Å². The molecule has 2 aliphatic heterocycles. The van der Waals surface area contributed by atoms with Gasteiger partial charge in [0.1, 0.15) is 11.4 Å². The highest BCUT2D eigenvalue weighted by atomic mass is 32.2. The van der Waals surface area contributed by atoms with Crippen molar-refractivity contribution in [2.75, 3.05) is 25.5 Å². The molecule has 0 atom stereocenters. The second-order valence-electron chi connectivity index (χ2n) is 5.60. The Morgan fingerprint density at radius 3 is 2.88 bits per heavy atom. The van der Waals surface area contributed by atoms with Crippen molar-refractivity contribution in [2.45, 2.75) is 19.8 Å². The molecule has 0 aromatic heterocycles. The molecule has 0 bridgehead atoms. The summed E-state index contributed by atoms with van der Waals surface area (Å²) in [4.78, 5) is 30.0. The minimum Gasteiger partial charge on any atom is -0.482 e. The molecule has 1 fully saturated rings. The topological polar surface area (TPSA) is 68.2 Å². The molecule has 1 saturated heterocycles. The van der Waals surface area contributed by atoms with E-state index in [-0.39, 0.29) is 12.5 Å². The lowest BCUT2D eigenvalue weighted by Crippen LogP contribution is -2.30. The first kappa shape index (κ1) is 17.5. The van der Waals surface area contributed by atoms with Crippen molar-refractivity contribution in [1.29, 1.82) is 0 Å². The molecule has 3 rings (SSSR count). The molecule has 0 spiro atoms. The van der Waals surface area contributed by atoms with E-state index in [2.05, 4.69) is 4.99 Å². The molecule has 1 aromatic rings. The summed E-state index contributed by atoms with van der Waals surface area (Å²) in [5.74, 6) is 1.14. The number of hydrogen-bond acceptors (Lipinski definition) is 6. The SMILES string of the molecule is CCOC(=O)COc1ccc(/C=C2\N=C3SCCCCN3C2=O)cc1. The monoisotopic (exact) mass is 360 g/mol. The zero-order valence-corrected chi connectivity index (χ0v) is 14.9. The Hall–Kier alpha value is -2.28. The van der Waals surface area contributed by atoms with Crippen molar-refractivity contribution in [2.24, 2.45) is 4.99 Å². The molecule has 25 heavy (non-hydrogen) atoms. The predicted octanol–water partition coefficient (Wildman–Crippen LogP) is 2.69. The highest BCUT2D eigenvalue weighted by molar-refractivity contribution is 8.13. The van der Waals surface area contributed by atoms with Crippen LogP contribution in [0.15, 0.2) is 35.0 Å². The van der Waals surface area contributed by atoms with E-state index in [0.717, 1.165) is 35.9 Å². The van der Waals surface area contributed by atoms with Gasteiger partial charge in [-0.1, -0.05) is 23.9 Å². The molecule has 2 aliphatic rings. The number of carbonyl (C=O) groups excluding carboxylic acids is 2. The number of esters is 1. The smallest absolute Gasteiger partial charge is 0.344 e. The van der Waals surface area contributed by atoms with Gasteiger partial charge in [-0.05, 0) is 43.5 Å². The van der Waals surface area contributed by atoms with Gasteiger partial charge in [0, 0.05) is 12.3 Å². The van der Waals surface area contributed by atoms with Crippen molar-refractivity contribution in [3.63, 3.8) is 0 Å². The van der Waals surface area contributed by atoms with E-state index in [4.69, 9.17) is 9.47 Å². The molecule has 1 amide bonds. The van der Waals surface area contributed by atoms with Crippen LogP contribution in [0.25, 0.3) is 6.08 Å². The van der Waals surface area contributed by atoms with Gasteiger partial charge in [-0.15, -0.1) is 0 Å². The van der Waals surface area contributed by atoms with Gasteiger partial charge >= 0.3 is 5.97 Å². The number of amidine groups is 1. The molecule has 0 unspecified atom stereocenters. The second-order valence-corrected chi connectivity index (χ2v) is 6.66. The predicted molar refractivity (Wildman–Crippen MR) is 97.4 cm³/mol. The summed E-state index contributed by atoms with van der Waals surface area (Å²) in [5.41, 5.74) is 1.32. The summed E-state index contributed by atoms with van der Waals surface area (Å²) in [6.07, 6.45) is 3.90. The van der Waals surface area contributed by atoms with E-state index in [1.165, 1.54) is 0 Å². The lowest BCUT2D eigenvalue weighted by Gasteiger charge is -2.13. The highest BCUT2D eigenvalue weighted by Gasteiger charge is 2.31. The standard InChI is InChI=1S/C18H20N2O4S/c1-2-23-16(21)12-24-14-7-5-13(6-8-14)11-15-17(22)20-9-3-4-10-25-18(20)19-15/h5-8,11H,2-4,9-10,12H2,1H3/b15-11-. The number of benzene rings is 1. The molecular formula is C18H20N2O4S. The van der Waals surface area contributed by atoms with E-state index >= 15 is 0 Å². The fourth-order valence-corrected chi connectivity index (χ4v) is 3.56. The Morgan fingerprint density at radius 2 is 2.12 bits per heavy atom. The Morgan fingerprint density at radius 1 is 1.32 bits per heavy atom. The first-order valence-electron chi connectivity index (χ1n) is 8.31. The molecule has 0 radical (unpaired) electrons. The average Bonchev–Trinajstić information content (AvgIpc) is 2.78. The van der Waals surface area contributed by atoms with Crippen LogP contribution in [-0.2, 0) is 14.3 Å². The number of carbonyl (C=O) groups is 2. The third kappa shape index (κ3) is 4.42. The van der Waals surface area contributed by atoms with Crippen LogP contribution >= 0.6 is 11.8 Å². The van der Waals surface area contributed by atoms with Crippen molar-refractivity contribution in [1.82, 2.24) is 4.90 Å².